The molecule has 0 fully saturated rings. The fourth-order valence-corrected chi connectivity index (χ4v) is 1.09. The number of aldehydes is 1. The molecule has 0 spiro atoms. The predicted octanol–water partition coefficient (Wildman–Crippen LogP) is 2.67. The van der Waals surface area contributed by atoms with Crippen LogP contribution in [0, 0.1) is 5.82 Å². The fraction of sp³-hybridized carbons (Fsp3) is 0.222. The van der Waals surface area contributed by atoms with Crippen LogP contribution in [0.3, 0.4) is 0 Å². The molecule has 82 valence electrons. The molecule has 0 saturated heterocycles. The number of methoxy groups -OCH3 is 1. The van der Waals surface area contributed by atoms with Gasteiger partial charge in [-0.1, -0.05) is 0 Å². The summed E-state index contributed by atoms with van der Waals surface area (Å²) in [6.07, 6.45) is -4.94. The molecule has 0 unspecified atom stereocenters. The summed E-state index contributed by atoms with van der Waals surface area (Å²) in [6.45, 7) is 0. The van der Waals surface area contributed by atoms with E-state index in [-0.39, 0.29) is 6.29 Å². The maximum Gasteiger partial charge on any atom is 0.417 e. The van der Waals surface area contributed by atoms with Gasteiger partial charge in [-0.3, -0.25) is 4.79 Å². The lowest BCUT2D eigenvalue weighted by atomic mass is 10.1. The highest BCUT2D eigenvalue weighted by molar-refractivity contribution is 5.79. The number of rotatable bonds is 2. The van der Waals surface area contributed by atoms with Crippen LogP contribution in [0.25, 0.3) is 0 Å². The molecule has 0 heterocycles. The zero-order valence-electron chi connectivity index (χ0n) is 7.56. The number of carbonyl (C=O) groups is 1. The van der Waals surface area contributed by atoms with E-state index in [2.05, 4.69) is 4.74 Å². The summed E-state index contributed by atoms with van der Waals surface area (Å²) >= 11 is 0. The lowest BCUT2D eigenvalue weighted by Crippen LogP contribution is -2.11. The minimum Gasteiger partial charge on any atom is -0.494 e. The first-order valence-electron chi connectivity index (χ1n) is 3.80. The number of alkyl halides is 3. The average molecular weight is 222 g/mol. The molecule has 0 aliphatic carbocycles. The summed E-state index contributed by atoms with van der Waals surface area (Å²) in [7, 11) is 1.10. The Balaban J connectivity index is 3.44. The van der Waals surface area contributed by atoms with Crippen molar-refractivity contribution in [2.45, 2.75) is 6.18 Å². The van der Waals surface area contributed by atoms with Crippen molar-refractivity contribution < 1.29 is 27.1 Å². The van der Waals surface area contributed by atoms with Crippen LogP contribution in [-0.4, -0.2) is 13.4 Å². The lowest BCUT2D eigenvalue weighted by molar-refractivity contribution is -0.138. The molecule has 0 aromatic heterocycles. The molecule has 1 aromatic carbocycles. The molecule has 0 saturated carbocycles. The van der Waals surface area contributed by atoms with E-state index in [9.17, 15) is 22.4 Å². The second kappa shape index (κ2) is 3.88. The maximum atomic E-state index is 13.2. The molecule has 0 bridgehead atoms. The van der Waals surface area contributed by atoms with E-state index in [1.54, 1.807) is 0 Å². The van der Waals surface area contributed by atoms with Gasteiger partial charge in [-0.25, -0.2) is 4.39 Å². The smallest absolute Gasteiger partial charge is 0.417 e. The van der Waals surface area contributed by atoms with Crippen molar-refractivity contribution in [2.75, 3.05) is 7.11 Å². The topological polar surface area (TPSA) is 26.3 Å². The van der Waals surface area contributed by atoms with Crippen LogP contribution in [0.15, 0.2) is 12.1 Å². The van der Waals surface area contributed by atoms with Crippen molar-refractivity contribution >= 4 is 6.29 Å². The van der Waals surface area contributed by atoms with Gasteiger partial charge < -0.3 is 4.74 Å². The highest BCUT2D eigenvalue weighted by Crippen LogP contribution is 2.34. The molecule has 0 radical (unpaired) electrons. The van der Waals surface area contributed by atoms with Gasteiger partial charge in [-0.2, -0.15) is 13.2 Å². The van der Waals surface area contributed by atoms with E-state index in [4.69, 9.17) is 0 Å². The normalized spacial score (nSPS) is 11.3. The van der Waals surface area contributed by atoms with Gasteiger partial charge in [-0.05, 0) is 12.1 Å². The van der Waals surface area contributed by atoms with Gasteiger partial charge in [0.25, 0.3) is 0 Å². The molecule has 6 heteroatoms. The number of halogens is 4. The Labute approximate surface area is 82.5 Å². The van der Waals surface area contributed by atoms with E-state index in [1.165, 1.54) is 0 Å². The molecular weight excluding hydrogens is 216 g/mol. The van der Waals surface area contributed by atoms with E-state index < -0.39 is 28.9 Å². The number of hydrogen-bond donors (Lipinski definition) is 0. The second-order valence-corrected chi connectivity index (χ2v) is 2.66. The summed E-state index contributed by atoms with van der Waals surface area (Å²) in [4.78, 5) is 10.4. The minimum absolute atomic E-state index is 0.180. The number of ether oxygens (including phenoxy) is 1. The van der Waals surface area contributed by atoms with Crippen LogP contribution in [0.2, 0.25) is 0 Å². The summed E-state index contributed by atoms with van der Waals surface area (Å²) in [5.74, 6) is -1.70. The first-order chi connectivity index (χ1) is 6.91. The van der Waals surface area contributed by atoms with Gasteiger partial charge in [0, 0.05) is 0 Å². The van der Waals surface area contributed by atoms with Crippen LogP contribution in [0.5, 0.6) is 5.75 Å². The largest absolute Gasteiger partial charge is 0.494 e. The standard InChI is InChI=1S/C9H6F4O2/c1-15-7-3-2-6(9(11,12)13)5(4-14)8(7)10/h2-4H,1H3. The molecule has 15 heavy (non-hydrogen) atoms. The zero-order chi connectivity index (χ0) is 11.6. The minimum atomic E-state index is -4.76. The molecular formula is C9H6F4O2. The Morgan fingerprint density at radius 2 is 1.93 bits per heavy atom. The molecule has 1 rings (SSSR count). The zero-order valence-corrected chi connectivity index (χ0v) is 7.56. The number of hydrogen-bond acceptors (Lipinski definition) is 2. The molecule has 1 aromatic rings. The molecule has 0 amide bonds. The Morgan fingerprint density at radius 1 is 1.33 bits per heavy atom. The molecule has 0 aliphatic rings. The predicted molar refractivity (Wildman–Crippen MR) is 43.3 cm³/mol. The second-order valence-electron chi connectivity index (χ2n) is 2.66. The van der Waals surface area contributed by atoms with E-state index >= 15 is 0 Å². The van der Waals surface area contributed by atoms with Crippen molar-refractivity contribution in [2.24, 2.45) is 0 Å². The van der Waals surface area contributed by atoms with Gasteiger partial charge in [0.2, 0.25) is 0 Å². The third-order valence-corrected chi connectivity index (χ3v) is 1.79. The van der Waals surface area contributed by atoms with E-state index in [1.807, 2.05) is 0 Å². The van der Waals surface area contributed by atoms with Gasteiger partial charge in [-0.15, -0.1) is 0 Å². The Bertz CT molecular complexity index is 384. The maximum absolute atomic E-state index is 13.2. The Kier molecular flexibility index (Phi) is 2.97. The van der Waals surface area contributed by atoms with Crippen molar-refractivity contribution in [3.63, 3.8) is 0 Å². The van der Waals surface area contributed by atoms with Gasteiger partial charge in [0.1, 0.15) is 0 Å². The number of benzene rings is 1. The summed E-state index contributed by atoms with van der Waals surface area (Å²) in [5.41, 5.74) is -2.35. The molecule has 2 nitrogen and oxygen atoms in total. The van der Waals surface area contributed by atoms with E-state index in [0.29, 0.717) is 6.07 Å². The summed E-state index contributed by atoms with van der Waals surface area (Å²) in [6, 6.07) is 1.43. The van der Waals surface area contributed by atoms with Crippen LogP contribution in [0.1, 0.15) is 15.9 Å². The van der Waals surface area contributed by atoms with Crippen LogP contribution < -0.4 is 4.74 Å². The third-order valence-electron chi connectivity index (χ3n) is 1.79. The Morgan fingerprint density at radius 3 is 2.33 bits per heavy atom. The SMILES string of the molecule is COc1ccc(C(F)(F)F)c(C=O)c1F. The first kappa shape index (κ1) is 11.5. The quantitative estimate of drug-likeness (QED) is 0.568. The first-order valence-corrected chi connectivity index (χ1v) is 3.80. The number of carbonyl (C=O) groups excluding carboxylic acids is 1. The van der Waals surface area contributed by atoms with Gasteiger partial charge >= 0.3 is 6.18 Å². The van der Waals surface area contributed by atoms with Crippen molar-refractivity contribution in [1.29, 1.82) is 0 Å². The third kappa shape index (κ3) is 2.08. The van der Waals surface area contributed by atoms with Crippen molar-refractivity contribution in [3.05, 3.63) is 29.1 Å². The molecule has 0 N–H and O–H groups in total. The lowest BCUT2D eigenvalue weighted by Gasteiger charge is -2.11. The summed E-state index contributed by atoms with van der Waals surface area (Å²) in [5, 5.41) is 0. The Hall–Kier alpha value is -1.59. The van der Waals surface area contributed by atoms with Crippen LogP contribution in [-0.2, 0) is 6.18 Å². The van der Waals surface area contributed by atoms with Gasteiger partial charge in [0.05, 0.1) is 18.2 Å². The monoisotopic (exact) mass is 222 g/mol. The van der Waals surface area contributed by atoms with E-state index in [0.717, 1.165) is 13.2 Å². The van der Waals surface area contributed by atoms with Crippen LogP contribution >= 0.6 is 0 Å². The average Bonchev–Trinajstić information content (AvgIpc) is 2.15. The van der Waals surface area contributed by atoms with Gasteiger partial charge in [0.15, 0.2) is 17.9 Å². The van der Waals surface area contributed by atoms with Crippen molar-refractivity contribution in [3.8, 4) is 5.75 Å². The highest BCUT2D eigenvalue weighted by atomic mass is 19.4. The highest BCUT2D eigenvalue weighted by Gasteiger charge is 2.35. The van der Waals surface area contributed by atoms with Crippen LogP contribution in [0.4, 0.5) is 17.6 Å². The molecule has 0 aliphatic heterocycles. The molecule has 0 atom stereocenters. The van der Waals surface area contributed by atoms with Crippen molar-refractivity contribution in [1.82, 2.24) is 0 Å². The summed E-state index contributed by atoms with van der Waals surface area (Å²) < 4.78 is 54.5. The fourth-order valence-electron chi connectivity index (χ4n) is 1.09.